The van der Waals surface area contributed by atoms with Crippen molar-refractivity contribution in [2.24, 2.45) is 11.5 Å². The van der Waals surface area contributed by atoms with Crippen molar-refractivity contribution in [3.63, 3.8) is 0 Å². The van der Waals surface area contributed by atoms with Gasteiger partial charge in [0.2, 0.25) is 23.6 Å². The maximum atomic E-state index is 12.1. The number of carbonyl (C=O) groups is 5. The van der Waals surface area contributed by atoms with E-state index in [1.165, 1.54) is 6.92 Å². The Morgan fingerprint density at radius 2 is 1.58 bits per heavy atom. The van der Waals surface area contributed by atoms with E-state index >= 15 is 0 Å². The Morgan fingerprint density at radius 3 is 2.00 bits per heavy atom. The third-order valence-corrected chi connectivity index (χ3v) is 3.05. The molecule has 11 nitrogen and oxygen atoms in total. The molecule has 0 aromatic carbocycles. The zero-order chi connectivity index (χ0) is 18.9. The molecule has 12 heteroatoms. The summed E-state index contributed by atoms with van der Waals surface area (Å²) in [7, 11) is 0. The zero-order valence-electron chi connectivity index (χ0n) is 12.9. The summed E-state index contributed by atoms with van der Waals surface area (Å²) in [5, 5.41) is 15.1. The van der Waals surface area contributed by atoms with Gasteiger partial charge in [-0.2, -0.15) is 12.6 Å². The minimum Gasteiger partial charge on any atom is -0.480 e. The lowest BCUT2D eigenvalue weighted by Crippen LogP contribution is -2.57. The van der Waals surface area contributed by atoms with Crippen LogP contribution in [0.1, 0.15) is 13.3 Å². The quantitative estimate of drug-likeness (QED) is 0.194. The summed E-state index contributed by atoms with van der Waals surface area (Å²) < 4.78 is 0. The normalized spacial score (nSPS) is 14.0. The van der Waals surface area contributed by atoms with Gasteiger partial charge in [0.1, 0.15) is 18.6 Å². The second-order valence-electron chi connectivity index (χ2n) is 4.88. The number of primary amides is 1. The lowest BCUT2D eigenvalue weighted by molar-refractivity contribution is -0.138. The maximum absolute atomic E-state index is 12.1. The molecule has 3 unspecified atom stereocenters. The van der Waals surface area contributed by atoms with E-state index in [-0.39, 0.29) is 5.75 Å². The molecule has 0 aliphatic carbocycles. The fraction of sp³-hybridized carbons (Fsp3) is 0.583. The van der Waals surface area contributed by atoms with Crippen LogP contribution in [0.25, 0.3) is 0 Å². The minimum absolute atomic E-state index is 0.137. The van der Waals surface area contributed by atoms with Gasteiger partial charge in [-0.3, -0.25) is 24.0 Å². The first-order chi connectivity index (χ1) is 11.1. The van der Waals surface area contributed by atoms with Gasteiger partial charge in [0, 0.05) is 5.75 Å². The summed E-state index contributed by atoms with van der Waals surface area (Å²) in [6, 6.07) is -3.41. The van der Waals surface area contributed by atoms with Crippen molar-refractivity contribution in [3.8, 4) is 0 Å². The number of carboxylic acid groups (broad SMARTS) is 1. The van der Waals surface area contributed by atoms with E-state index in [0.29, 0.717) is 0 Å². The van der Waals surface area contributed by atoms with E-state index in [2.05, 4.69) is 28.6 Å². The van der Waals surface area contributed by atoms with Crippen LogP contribution < -0.4 is 27.4 Å². The van der Waals surface area contributed by atoms with Crippen molar-refractivity contribution in [1.82, 2.24) is 16.0 Å². The smallest absolute Gasteiger partial charge is 0.322 e. The topological polar surface area (TPSA) is 194 Å². The summed E-state index contributed by atoms with van der Waals surface area (Å²) in [4.78, 5) is 56.9. The molecule has 3 atom stereocenters. The molecule has 136 valence electrons. The third kappa shape index (κ3) is 8.33. The molecule has 0 aromatic rings. The van der Waals surface area contributed by atoms with Crippen molar-refractivity contribution in [1.29, 1.82) is 0 Å². The Hall–Kier alpha value is -2.34. The molecule has 8 N–H and O–H groups in total. The van der Waals surface area contributed by atoms with Gasteiger partial charge in [0.15, 0.2) is 0 Å². The van der Waals surface area contributed by atoms with Crippen molar-refractivity contribution in [2.75, 3.05) is 12.3 Å². The molecule has 0 rings (SSSR count). The van der Waals surface area contributed by atoms with Gasteiger partial charge >= 0.3 is 5.97 Å². The van der Waals surface area contributed by atoms with Gasteiger partial charge < -0.3 is 32.5 Å². The molecule has 0 bridgehead atoms. The molecule has 24 heavy (non-hydrogen) atoms. The van der Waals surface area contributed by atoms with Gasteiger partial charge in [-0.25, -0.2) is 0 Å². The second-order valence-corrected chi connectivity index (χ2v) is 5.24. The summed E-state index contributed by atoms with van der Waals surface area (Å²) >= 11 is 3.89. The molecule has 0 spiro atoms. The van der Waals surface area contributed by atoms with Crippen LogP contribution in [0, 0.1) is 0 Å². The highest BCUT2D eigenvalue weighted by Crippen LogP contribution is 1.97. The predicted molar refractivity (Wildman–Crippen MR) is 85.8 cm³/mol. The van der Waals surface area contributed by atoms with E-state index < -0.39 is 60.7 Å². The van der Waals surface area contributed by atoms with Crippen LogP contribution in [0.15, 0.2) is 0 Å². The van der Waals surface area contributed by atoms with Crippen LogP contribution in [-0.4, -0.2) is 65.1 Å². The highest BCUT2D eigenvalue weighted by molar-refractivity contribution is 7.80. The monoisotopic (exact) mass is 363 g/mol. The molecule has 0 fully saturated rings. The summed E-state index contributed by atoms with van der Waals surface area (Å²) in [6.07, 6.45) is -0.500. The van der Waals surface area contributed by atoms with E-state index in [1.54, 1.807) is 0 Å². The first-order valence-corrected chi connectivity index (χ1v) is 7.46. The SMILES string of the molecule is CC(N)C(=O)NC(CC(N)=O)C(=O)NC(CS)C(=O)NCC(=O)O. The Balaban J connectivity index is 4.92. The van der Waals surface area contributed by atoms with Gasteiger partial charge in [-0.05, 0) is 6.92 Å². The van der Waals surface area contributed by atoms with Gasteiger partial charge in [-0.1, -0.05) is 0 Å². The number of rotatable bonds is 10. The molecule has 4 amide bonds. The van der Waals surface area contributed by atoms with Crippen LogP contribution >= 0.6 is 12.6 Å². The van der Waals surface area contributed by atoms with Crippen LogP contribution in [-0.2, 0) is 24.0 Å². The Bertz CT molecular complexity index is 512. The number of nitrogens with one attached hydrogen (secondary N) is 3. The van der Waals surface area contributed by atoms with Crippen LogP contribution in [0.3, 0.4) is 0 Å². The van der Waals surface area contributed by atoms with Gasteiger partial charge in [0.25, 0.3) is 0 Å². The number of hydrogen-bond acceptors (Lipinski definition) is 7. The lowest BCUT2D eigenvalue weighted by Gasteiger charge is -2.22. The Labute approximate surface area is 143 Å². The van der Waals surface area contributed by atoms with Crippen LogP contribution in [0.2, 0.25) is 0 Å². The summed E-state index contributed by atoms with van der Waals surface area (Å²) in [5.74, 6) is -4.57. The largest absolute Gasteiger partial charge is 0.480 e. The first kappa shape index (κ1) is 21.7. The molecule has 0 saturated heterocycles. The highest BCUT2D eigenvalue weighted by atomic mass is 32.1. The van der Waals surface area contributed by atoms with Crippen molar-refractivity contribution >= 4 is 42.2 Å². The standard InChI is InChI=1S/C12H21N5O6S/c1-5(13)10(21)16-6(2-8(14)18)12(23)17-7(4-24)11(22)15-3-9(19)20/h5-7,24H,2-4,13H2,1H3,(H2,14,18)(H,15,22)(H,16,21)(H,17,23)(H,19,20). The molecule has 0 aliphatic heterocycles. The summed E-state index contributed by atoms with van der Waals surface area (Å²) in [6.45, 7) is 0.746. The number of thiol groups is 1. The average molecular weight is 363 g/mol. The van der Waals surface area contributed by atoms with Crippen molar-refractivity contribution in [2.45, 2.75) is 31.5 Å². The van der Waals surface area contributed by atoms with Crippen LogP contribution in [0.4, 0.5) is 0 Å². The molecule has 0 aliphatic rings. The first-order valence-electron chi connectivity index (χ1n) is 6.83. The Morgan fingerprint density at radius 1 is 1.04 bits per heavy atom. The number of amides is 4. The van der Waals surface area contributed by atoms with E-state index in [1.807, 2.05) is 0 Å². The van der Waals surface area contributed by atoms with Crippen LogP contribution in [0.5, 0.6) is 0 Å². The molecule has 0 saturated carbocycles. The molecule has 0 radical (unpaired) electrons. The van der Waals surface area contributed by atoms with E-state index in [9.17, 15) is 24.0 Å². The second kappa shape index (κ2) is 10.4. The zero-order valence-corrected chi connectivity index (χ0v) is 13.8. The van der Waals surface area contributed by atoms with Crippen molar-refractivity contribution < 1.29 is 29.1 Å². The average Bonchev–Trinajstić information content (AvgIpc) is 2.48. The number of carbonyl (C=O) groups excluding carboxylic acids is 4. The van der Waals surface area contributed by atoms with E-state index in [4.69, 9.17) is 16.6 Å². The number of nitrogens with two attached hydrogens (primary N) is 2. The fourth-order valence-corrected chi connectivity index (χ4v) is 1.72. The van der Waals surface area contributed by atoms with Crippen molar-refractivity contribution in [3.05, 3.63) is 0 Å². The fourth-order valence-electron chi connectivity index (χ4n) is 1.47. The minimum atomic E-state index is -1.32. The molecular weight excluding hydrogens is 342 g/mol. The molecular formula is C12H21N5O6S. The highest BCUT2D eigenvalue weighted by Gasteiger charge is 2.28. The summed E-state index contributed by atoms with van der Waals surface area (Å²) in [5.41, 5.74) is 10.4. The molecule has 0 aromatic heterocycles. The third-order valence-electron chi connectivity index (χ3n) is 2.68. The maximum Gasteiger partial charge on any atom is 0.322 e. The number of carboxylic acids is 1. The van der Waals surface area contributed by atoms with E-state index in [0.717, 1.165) is 0 Å². The van der Waals surface area contributed by atoms with Gasteiger partial charge in [-0.15, -0.1) is 0 Å². The predicted octanol–water partition coefficient (Wildman–Crippen LogP) is -3.69. The Kier molecular flexibility index (Phi) is 9.42. The number of hydrogen-bond donors (Lipinski definition) is 7. The number of aliphatic carboxylic acids is 1. The van der Waals surface area contributed by atoms with Gasteiger partial charge in [0.05, 0.1) is 12.5 Å². The molecule has 0 heterocycles. The lowest BCUT2D eigenvalue weighted by atomic mass is 10.1.